The molecule has 1 aromatic heterocycles. The van der Waals surface area contributed by atoms with Crippen LogP contribution in [0.4, 0.5) is 0 Å². The number of aromatic nitrogens is 3. The van der Waals surface area contributed by atoms with Crippen molar-refractivity contribution in [1.82, 2.24) is 14.8 Å². The van der Waals surface area contributed by atoms with E-state index in [9.17, 15) is 0 Å². The second kappa shape index (κ2) is 5.41. The molecule has 0 fully saturated rings. The van der Waals surface area contributed by atoms with E-state index in [1.54, 1.807) is 0 Å². The number of rotatable bonds is 4. The third-order valence-corrected chi connectivity index (χ3v) is 3.71. The van der Waals surface area contributed by atoms with Gasteiger partial charge in [-0.15, -0.1) is 10.2 Å². The molecule has 0 aliphatic carbocycles. The van der Waals surface area contributed by atoms with Crippen molar-refractivity contribution in [3.8, 4) is 0 Å². The fraction of sp³-hybridized carbons (Fsp3) is 0.818. The van der Waals surface area contributed by atoms with Crippen molar-refractivity contribution in [1.29, 1.82) is 0 Å². The van der Waals surface area contributed by atoms with E-state index in [1.807, 2.05) is 16.3 Å². The van der Waals surface area contributed by atoms with Gasteiger partial charge in [-0.1, -0.05) is 27.7 Å². The molecule has 1 atom stereocenters. The highest BCUT2D eigenvalue weighted by molar-refractivity contribution is 7.99. The van der Waals surface area contributed by atoms with Crippen molar-refractivity contribution in [3.63, 3.8) is 0 Å². The Balaban J connectivity index is 2.97. The quantitative estimate of drug-likeness (QED) is 0.831. The summed E-state index contributed by atoms with van der Waals surface area (Å²) in [7, 11) is 0. The molecule has 0 saturated carbocycles. The molecule has 5 heteroatoms. The van der Waals surface area contributed by atoms with E-state index in [0.29, 0.717) is 11.3 Å². The lowest BCUT2D eigenvalue weighted by Crippen LogP contribution is -2.22. The largest absolute Gasteiger partial charge is 0.298 e. The maximum absolute atomic E-state index is 6.10. The minimum Gasteiger partial charge on any atom is -0.298 e. The summed E-state index contributed by atoms with van der Waals surface area (Å²) in [6, 6.07) is 0.335. The lowest BCUT2D eigenvalue weighted by molar-refractivity contribution is 0.472. The molecular weight excluding hydrogens is 242 g/mol. The van der Waals surface area contributed by atoms with Crippen LogP contribution in [0.25, 0.3) is 0 Å². The van der Waals surface area contributed by atoms with Crippen LogP contribution in [-0.4, -0.2) is 26.3 Å². The first-order valence-electron chi connectivity index (χ1n) is 5.56. The average Bonchev–Trinajstić information content (AvgIpc) is 2.56. The molecular formula is C11H20ClN3S. The van der Waals surface area contributed by atoms with Gasteiger partial charge in [-0.05, 0) is 24.3 Å². The predicted molar refractivity (Wildman–Crippen MR) is 71.4 cm³/mol. The van der Waals surface area contributed by atoms with E-state index in [0.717, 1.165) is 17.3 Å². The molecule has 0 saturated heterocycles. The Kier molecular flexibility index (Phi) is 4.68. The topological polar surface area (TPSA) is 30.7 Å². The summed E-state index contributed by atoms with van der Waals surface area (Å²) < 4.78 is 2.05. The monoisotopic (exact) mass is 261 g/mol. The molecule has 0 N–H and O–H groups in total. The van der Waals surface area contributed by atoms with Crippen molar-refractivity contribution in [2.45, 2.75) is 46.1 Å². The third-order valence-electron chi connectivity index (χ3n) is 2.33. The summed E-state index contributed by atoms with van der Waals surface area (Å²) in [6.07, 6.45) is 0. The molecule has 0 aliphatic rings. The second-order valence-electron chi connectivity index (χ2n) is 4.92. The Hall–Kier alpha value is -0.220. The molecule has 0 aromatic carbocycles. The van der Waals surface area contributed by atoms with Crippen LogP contribution in [-0.2, 0) is 5.41 Å². The Morgan fingerprint density at radius 3 is 2.50 bits per heavy atom. The van der Waals surface area contributed by atoms with Crippen LogP contribution in [0.3, 0.4) is 0 Å². The normalized spacial score (nSPS) is 14.1. The van der Waals surface area contributed by atoms with Gasteiger partial charge in [0.05, 0.1) is 0 Å². The Labute approximate surface area is 107 Å². The van der Waals surface area contributed by atoms with Crippen molar-refractivity contribution >= 4 is 23.4 Å². The highest BCUT2D eigenvalue weighted by Gasteiger charge is 2.25. The van der Waals surface area contributed by atoms with Crippen molar-refractivity contribution in [2.75, 3.05) is 11.5 Å². The fourth-order valence-electron chi connectivity index (χ4n) is 1.54. The minimum atomic E-state index is -0.0225. The average molecular weight is 262 g/mol. The smallest absolute Gasteiger partial charge is 0.225 e. The molecule has 1 aromatic rings. The summed E-state index contributed by atoms with van der Waals surface area (Å²) in [4.78, 5) is 0. The zero-order chi connectivity index (χ0) is 12.3. The Morgan fingerprint density at radius 1 is 1.38 bits per heavy atom. The van der Waals surface area contributed by atoms with Crippen molar-refractivity contribution < 1.29 is 0 Å². The summed E-state index contributed by atoms with van der Waals surface area (Å²) in [5.41, 5.74) is -0.0225. The van der Waals surface area contributed by atoms with Crippen LogP contribution in [0.5, 0.6) is 0 Å². The molecule has 0 aliphatic heterocycles. The molecule has 92 valence electrons. The zero-order valence-corrected chi connectivity index (χ0v) is 12.2. The van der Waals surface area contributed by atoms with Gasteiger partial charge >= 0.3 is 0 Å². The molecule has 16 heavy (non-hydrogen) atoms. The highest BCUT2D eigenvalue weighted by Crippen LogP contribution is 2.27. The zero-order valence-electron chi connectivity index (χ0n) is 10.6. The summed E-state index contributed by atoms with van der Waals surface area (Å²) in [5, 5.41) is 8.66. The lowest BCUT2D eigenvalue weighted by atomic mass is 9.95. The van der Waals surface area contributed by atoms with Crippen LogP contribution < -0.4 is 0 Å². The predicted octanol–water partition coefficient (Wildman–Crippen LogP) is 3.54. The molecule has 0 spiro atoms. The van der Waals surface area contributed by atoms with Gasteiger partial charge in [0.25, 0.3) is 0 Å². The molecule has 0 radical (unpaired) electrons. The van der Waals surface area contributed by atoms with Gasteiger partial charge in [-0.25, -0.2) is 0 Å². The number of halogens is 1. The molecule has 3 nitrogen and oxygen atoms in total. The van der Waals surface area contributed by atoms with E-state index >= 15 is 0 Å². The summed E-state index contributed by atoms with van der Waals surface area (Å²) in [5.74, 6) is 3.12. The first kappa shape index (κ1) is 13.8. The molecule has 0 bridgehead atoms. The third kappa shape index (κ3) is 3.14. The Bertz CT molecular complexity index is 343. The van der Waals surface area contributed by atoms with E-state index in [4.69, 9.17) is 11.6 Å². The first-order valence-corrected chi connectivity index (χ1v) is 7.09. The molecule has 0 amide bonds. The molecule has 1 heterocycles. The minimum absolute atomic E-state index is 0.0225. The van der Waals surface area contributed by atoms with Gasteiger partial charge in [0.2, 0.25) is 5.28 Å². The SMILES string of the molecule is CCSCC(C)n1c(Cl)nnc1C(C)(C)C. The Morgan fingerprint density at radius 2 is 2.00 bits per heavy atom. The van der Waals surface area contributed by atoms with Crippen molar-refractivity contribution in [3.05, 3.63) is 11.1 Å². The number of hydrogen-bond acceptors (Lipinski definition) is 3. The van der Waals surface area contributed by atoms with Gasteiger partial charge in [0.15, 0.2) is 0 Å². The van der Waals surface area contributed by atoms with E-state index < -0.39 is 0 Å². The van der Waals surface area contributed by atoms with Crippen LogP contribution in [0, 0.1) is 0 Å². The fourth-order valence-corrected chi connectivity index (χ4v) is 2.55. The van der Waals surface area contributed by atoms with Crippen LogP contribution in [0.15, 0.2) is 0 Å². The highest BCUT2D eigenvalue weighted by atomic mass is 35.5. The van der Waals surface area contributed by atoms with Gasteiger partial charge in [0.1, 0.15) is 5.82 Å². The first-order chi connectivity index (χ1) is 7.38. The van der Waals surface area contributed by atoms with Gasteiger partial charge in [-0.2, -0.15) is 11.8 Å². The summed E-state index contributed by atoms with van der Waals surface area (Å²) in [6.45, 7) is 10.7. The molecule has 1 unspecified atom stereocenters. The van der Waals surface area contributed by atoms with Crippen LogP contribution in [0.2, 0.25) is 5.28 Å². The van der Waals surface area contributed by atoms with Gasteiger partial charge in [-0.3, -0.25) is 4.57 Å². The van der Waals surface area contributed by atoms with Gasteiger partial charge < -0.3 is 0 Å². The number of hydrogen-bond donors (Lipinski definition) is 0. The number of thioether (sulfide) groups is 1. The van der Waals surface area contributed by atoms with Crippen molar-refractivity contribution in [2.24, 2.45) is 0 Å². The maximum atomic E-state index is 6.10. The lowest BCUT2D eigenvalue weighted by Gasteiger charge is -2.23. The number of nitrogens with zero attached hydrogens (tertiary/aromatic N) is 3. The van der Waals surface area contributed by atoms with Gasteiger partial charge in [0, 0.05) is 17.2 Å². The van der Waals surface area contributed by atoms with E-state index in [1.165, 1.54) is 0 Å². The summed E-state index contributed by atoms with van der Waals surface area (Å²) >= 11 is 8.01. The maximum Gasteiger partial charge on any atom is 0.225 e. The van der Waals surface area contributed by atoms with Crippen LogP contribution in [0.1, 0.15) is 46.5 Å². The molecule has 1 rings (SSSR count). The van der Waals surface area contributed by atoms with E-state index in [2.05, 4.69) is 44.8 Å². The second-order valence-corrected chi connectivity index (χ2v) is 6.58. The van der Waals surface area contributed by atoms with E-state index in [-0.39, 0.29) is 5.41 Å². The van der Waals surface area contributed by atoms with Crippen LogP contribution >= 0.6 is 23.4 Å². The standard InChI is InChI=1S/C11H20ClN3S/c1-6-16-7-8(2)15-9(11(3,4)5)13-14-10(15)12/h8H,6-7H2,1-5H3.